The van der Waals surface area contributed by atoms with Gasteiger partial charge in [0.1, 0.15) is 0 Å². The average Bonchev–Trinajstić information content (AvgIpc) is 2.19. The fourth-order valence-electron chi connectivity index (χ4n) is 0.734. The zero-order valence-electron chi connectivity index (χ0n) is 5.06. The van der Waals surface area contributed by atoms with Gasteiger partial charge in [-0.15, -0.1) is 0 Å². The first-order valence-electron chi connectivity index (χ1n) is 2.74. The van der Waals surface area contributed by atoms with Gasteiger partial charge < -0.3 is 0 Å². The van der Waals surface area contributed by atoms with Crippen molar-refractivity contribution in [3.05, 3.63) is 43.4 Å². The van der Waals surface area contributed by atoms with E-state index in [4.69, 9.17) is 0 Å². The minimum atomic E-state index is 0. The molecule has 9 heavy (non-hydrogen) atoms. The molecule has 0 nitrogen and oxygen atoms in total. The van der Waals surface area contributed by atoms with Gasteiger partial charge in [-0.25, -0.2) is 19.1 Å². The third-order valence-corrected chi connectivity index (χ3v) is 1.14. The normalized spacial score (nSPS) is 16.9. The molecule has 0 aliphatic heterocycles. The topological polar surface area (TPSA) is 0 Å². The average molecular weight is 212 g/mol. The Bertz CT molecular complexity index is 131. The summed E-state index contributed by atoms with van der Waals surface area (Å²) in [6.45, 7) is 3.60. The van der Waals surface area contributed by atoms with E-state index in [1.165, 1.54) is 0 Å². The van der Waals surface area contributed by atoms with Crippen LogP contribution in [0.3, 0.4) is 0 Å². The summed E-state index contributed by atoms with van der Waals surface area (Å²) in [5.41, 5.74) is 0. The van der Waals surface area contributed by atoms with Crippen LogP contribution >= 0.6 is 0 Å². The maximum Gasteiger partial charge on any atom is 0 e. The zero-order chi connectivity index (χ0) is 5.82. The third kappa shape index (κ3) is 2.70. The monoisotopic (exact) mass is 211 g/mol. The van der Waals surface area contributed by atoms with Crippen molar-refractivity contribution < 1.29 is 20.4 Å². The Labute approximate surface area is 70.0 Å². The number of rotatable bonds is 1. The Morgan fingerprint density at radius 3 is 2.22 bits per heavy atom. The Morgan fingerprint density at radius 1 is 1.22 bits per heavy atom. The molecule has 0 aromatic heterocycles. The van der Waals surface area contributed by atoms with Crippen LogP contribution in [0.2, 0.25) is 0 Å². The first-order chi connectivity index (χ1) is 3.93. The molecule has 0 radical (unpaired) electrons. The summed E-state index contributed by atoms with van der Waals surface area (Å²) >= 11 is 0. The zero-order valence-corrected chi connectivity index (χ0v) is 6.62. The number of hydrogen-bond donors (Lipinski definition) is 0. The van der Waals surface area contributed by atoms with Gasteiger partial charge in [-0.3, -0.25) is 0 Å². The SMILES string of the molecule is [CH2-]C=CC1C=CC=C1.[Pd]. The fraction of sp³-hybridized carbons (Fsp3) is 0.125. The molecule has 0 aromatic carbocycles. The van der Waals surface area contributed by atoms with E-state index >= 15 is 0 Å². The molecule has 1 aliphatic carbocycles. The Kier molecular flexibility index (Phi) is 4.49. The smallest absolute Gasteiger partial charge is 0 e. The van der Waals surface area contributed by atoms with Crippen LogP contribution in [0.1, 0.15) is 0 Å². The number of hydrogen-bond acceptors (Lipinski definition) is 0. The van der Waals surface area contributed by atoms with E-state index in [-0.39, 0.29) is 20.4 Å². The van der Waals surface area contributed by atoms with Crippen molar-refractivity contribution >= 4 is 0 Å². The summed E-state index contributed by atoms with van der Waals surface area (Å²) < 4.78 is 0. The first kappa shape index (κ1) is 8.75. The number of allylic oxidation sites excluding steroid dienone is 6. The van der Waals surface area contributed by atoms with E-state index in [9.17, 15) is 0 Å². The maximum atomic E-state index is 3.60. The van der Waals surface area contributed by atoms with Crippen molar-refractivity contribution in [1.29, 1.82) is 0 Å². The van der Waals surface area contributed by atoms with Crippen LogP contribution in [0.25, 0.3) is 0 Å². The molecule has 0 fully saturated rings. The van der Waals surface area contributed by atoms with Gasteiger partial charge in [0.05, 0.1) is 0 Å². The summed E-state index contributed by atoms with van der Waals surface area (Å²) in [6, 6.07) is 0. The van der Waals surface area contributed by atoms with Gasteiger partial charge in [-0.05, 0) is 0 Å². The van der Waals surface area contributed by atoms with Crippen molar-refractivity contribution in [3.8, 4) is 0 Å². The van der Waals surface area contributed by atoms with Crippen molar-refractivity contribution in [2.24, 2.45) is 5.92 Å². The minimum Gasteiger partial charge on any atom is -0.245 e. The molecule has 1 rings (SSSR count). The van der Waals surface area contributed by atoms with Gasteiger partial charge in [0, 0.05) is 20.4 Å². The molecular formula is C8H9Pd-. The molecule has 0 atom stereocenters. The van der Waals surface area contributed by atoms with Gasteiger partial charge in [-0.2, -0.15) is 0 Å². The van der Waals surface area contributed by atoms with Crippen LogP contribution in [-0.2, 0) is 20.4 Å². The molecule has 0 aromatic rings. The van der Waals surface area contributed by atoms with Gasteiger partial charge in [-0.1, -0.05) is 30.2 Å². The summed E-state index contributed by atoms with van der Waals surface area (Å²) in [5.74, 6) is 0.507. The summed E-state index contributed by atoms with van der Waals surface area (Å²) in [4.78, 5) is 0. The van der Waals surface area contributed by atoms with E-state index in [0.29, 0.717) is 5.92 Å². The minimum absolute atomic E-state index is 0. The van der Waals surface area contributed by atoms with E-state index < -0.39 is 0 Å². The van der Waals surface area contributed by atoms with Gasteiger partial charge in [0.25, 0.3) is 0 Å². The summed E-state index contributed by atoms with van der Waals surface area (Å²) in [7, 11) is 0. The second-order valence-corrected chi connectivity index (χ2v) is 1.78. The first-order valence-corrected chi connectivity index (χ1v) is 2.74. The molecule has 1 heteroatoms. The second-order valence-electron chi connectivity index (χ2n) is 1.78. The standard InChI is InChI=1S/C8H9.Pd/c1-2-5-8-6-3-4-7-8;/h2-8H,1H2;/q-1;. The van der Waals surface area contributed by atoms with Crippen LogP contribution in [-0.4, -0.2) is 0 Å². The maximum absolute atomic E-state index is 3.60. The van der Waals surface area contributed by atoms with Gasteiger partial charge >= 0.3 is 0 Å². The van der Waals surface area contributed by atoms with Crippen molar-refractivity contribution in [2.45, 2.75) is 0 Å². The molecule has 0 saturated carbocycles. The molecule has 0 spiro atoms. The van der Waals surface area contributed by atoms with E-state index in [2.05, 4.69) is 25.2 Å². The predicted octanol–water partition coefficient (Wildman–Crippen LogP) is 2.12. The van der Waals surface area contributed by atoms with Gasteiger partial charge in [0.2, 0.25) is 0 Å². The van der Waals surface area contributed by atoms with Crippen LogP contribution in [0, 0.1) is 12.8 Å². The molecular weight excluding hydrogens is 203 g/mol. The van der Waals surface area contributed by atoms with Gasteiger partial charge in [0.15, 0.2) is 0 Å². The molecule has 1 aliphatic rings. The third-order valence-electron chi connectivity index (χ3n) is 1.14. The summed E-state index contributed by atoms with van der Waals surface area (Å²) in [5, 5.41) is 0. The van der Waals surface area contributed by atoms with Crippen molar-refractivity contribution in [1.82, 2.24) is 0 Å². The molecule has 0 bridgehead atoms. The van der Waals surface area contributed by atoms with Crippen LogP contribution in [0.4, 0.5) is 0 Å². The molecule has 0 unspecified atom stereocenters. The largest absolute Gasteiger partial charge is 0.245 e. The Morgan fingerprint density at radius 2 is 1.78 bits per heavy atom. The summed E-state index contributed by atoms with van der Waals surface area (Å²) in [6.07, 6.45) is 12.2. The predicted molar refractivity (Wildman–Crippen MR) is 36.3 cm³/mol. The molecule has 0 saturated heterocycles. The van der Waals surface area contributed by atoms with Crippen LogP contribution in [0.5, 0.6) is 0 Å². The van der Waals surface area contributed by atoms with Crippen LogP contribution in [0.15, 0.2) is 36.5 Å². The van der Waals surface area contributed by atoms with E-state index in [1.807, 2.05) is 18.2 Å². The molecule has 52 valence electrons. The van der Waals surface area contributed by atoms with E-state index in [0.717, 1.165) is 0 Å². The Hall–Kier alpha value is -0.248. The van der Waals surface area contributed by atoms with E-state index in [1.54, 1.807) is 0 Å². The quantitative estimate of drug-likeness (QED) is 0.460. The van der Waals surface area contributed by atoms with Crippen molar-refractivity contribution in [3.63, 3.8) is 0 Å². The molecule has 0 N–H and O–H groups in total. The second kappa shape index (κ2) is 4.61. The fourth-order valence-corrected chi connectivity index (χ4v) is 0.734. The van der Waals surface area contributed by atoms with Crippen molar-refractivity contribution in [2.75, 3.05) is 0 Å². The van der Waals surface area contributed by atoms with Crippen LogP contribution < -0.4 is 0 Å². The molecule has 0 heterocycles. The molecule has 0 amide bonds. The Balaban J connectivity index is 0.000000640.